The minimum atomic E-state index is -0.444. The minimum absolute atomic E-state index is 0.0231. The Morgan fingerprint density at radius 3 is 2.60 bits per heavy atom. The lowest BCUT2D eigenvalue weighted by molar-refractivity contribution is -0.198. The molecule has 30 heavy (non-hydrogen) atoms. The van der Waals surface area contributed by atoms with E-state index in [1.54, 1.807) is 11.3 Å². The van der Waals surface area contributed by atoms with Gasteiger partial charge in [-0.25, -0.2) is 13.8 Å². The summed E-state index contributed by atoms with van der Waals surface area (Å²) in [6.07, 6.45) is 1.81. The van der Waals surface area contributed by atoms with Gasteiger partial charge in [-0.15, -0.1) is 11.3 Å². The van der Waals surface area contributed by atoms with Crippen molar-refractivity contribution >= 4 is 11.3 Å². The van der Waals surface area contributed by atoms with Crippen LogP contribution in [0.5, 0.6) is 0 Å². The Labute approximate surface area is 178 Å². The van der Waals surface area contributed by atoms with Gasteiger partial charge in [0.05, 0.1) is 18.7 Å². The maximum absolute atomic E-state index is 14.4. The van der Waals surface area contributed by atoms with Crippen molar-refractivity contribution in [3.05, 3.63) is 87.9 Å². The van der Waals surface area contributed by atoms with Gasteiger partial charge in [-0.05, 0) is 23.8 Å². The predicted molar refractivity (Wildman–Crippen MR) is 112 cm³/mol. The second-order valence-electron chi connectivity index (χ2n) is 8.18. The zero-order valence-corrected chi connectivity index (χ0v) is 17.2. The van der Waals surface area contributed by atoms with Crippen LogP contribution in [0.1, 0.15) is 22.1 Å². The average molecular weight is 428 g/mol. The van der Waals surface area contributed by atoms with Crippen LogP contribution in [-0.4, -0.2) is 51.2 Å². The fraction of sp³-hybridized carbons (Fsp3) is 0.348. The van der Waals surface area contributed by atoms with Gasteiger partial charge < -0.3 is 5.11 Å². The molecule has 0 saturated carbocycles. The van der Waals surface area contributed by atoms with E-state index in [-0.39, 0.29) is 30.7 Å². The summed E-state index contributed by atoms with van der Waals surface area (Å²) in [5.74, 6) is -0.710. The number of hydrogen-bond acceptors (Lipinski definition) is 5. The van der Waals surface area contributed by atoms with E-state index in [0.29, 0.717) is 5.56 Å². The van der Waals surface area contributed by atoms with Gasteiger partial charge in [-0.3, -0.25) is 9.80 Å². The van der Waals surface area contributed by atoms with Crippen molar-refractivity contribution in [3.63, 3.8) is 0 Å². The van der Waals surface area contributed by atoms with Crippen molar-refractivity contribution in [3.8, 4) is 0 Å². The molecule has 5 rings (SSSR count). The highest BCUT2D eigenvalue weighted by Gasteiger charge is 2.65. The summed E-state index contributed by atoms with van der Waals surface area (Å²) in [6, 6.07) is 13.7. The second-order valence-corrected chi connectivity index (χ2v) is 9.16. The molecule has 4 nitrogen and oxygen atoms in total. The molecule has 2 aliphatic rings. The predicted octanol–water partition coefficient (Wildman–Crippen LogP) is 3.64. The topological polar surface area (TPSA) is 39.6 Å². The molecule has 156 valence electrons. The Bertz CT molecular complexity index is 1010. The maximum atomic E-state index is 14.4. The van der Waals surface area contributed by atoms with Crippen molar-refractivity contribution < 1.29 is 13.9 Å². The molecule has 2 saturated heterocycles. The maximum Gasteiger partial charge on any atom is 0.127 e. The molecule has 1 spiro atoms. The molecule has 0 radical (unpaired) electrons. The first-order valence-electron chi connectivity index (χ1n) is 10.1. The van der Waals surface area contributed by atoms with E-state index in [2.05, 4.69) is 26.9 Å². The highest BCUT2D eigenvalue weighted by atomic mass is 32.1. The molecular weight excluding hydrogens is 404 g/mol. The summed E-state index contributed by atoms with van der Waals surface area (Å²) in [6.45, 7) is 2.65. The van der Waals surface area contributed by atoms with Crippen LogP contribution in [0.15, 0.2) is 60.1 Å². The fourth-order valence-corrected chi connectivity index (χ4v) is 5.88. The van der Waals surface area contributed by atoms with Gasteiger partial charge in [0.1, 0.15) is 16.6 Å². The van der Waals surface area contributed by atoms with Crippen LogP contribution in [-0.2, 0) is 13.1 Å². The molecule has 7 heteroatoms. The van der Waals surface area contributed by atoms with Gasteiger partial charge in [-0.2, -0.15) is 0 Å². The number of rotatable bonds is 6. The standard InChI is InChI=1S/C23H23F2N3OS/c24-18-6-7-19(25)17(10-18)11-28-20(13-29)22(16-4-2-1-3-5-16)23(28)14-27(15-23)12-21-26-8-9-30-21/h1-10,20,22,29H,11-15H2/t20-,22+/m0/s1. The van der Waals surface area contributed by atoms with E-state index in [1.807, 2.05) is 29.8 Å². The number of likely N-dealkylation sites (tertiary alicyclic amines) is 2. The summed E-state index contributed by atoms with van der Waals surface area (Å²) in [7, 11) is 0. The number of aromatic nitrogens is 1. The van der Waals surface area contributed by atoms with Crippen molar-refractivity contribution in [2.75, 3.05) is 19.7 Å². The lowest BCUT2D eigenvalue weighted by Gasteiger charge is -2.71. The molecule has 2 fully saturated rings. The zero-order valence-electron chi connectivity index (χ0n) is 16.4. The highest BCUT2D eigenvalue weighted by molar-refractivity contribution is 7.09. The summed E-state index contributed by atoms with van der Waals surface area (Å²) < 4.78 is 28.1. The molecule has 3 aromatic rings. The quantitative estimate of drug-likeness (QED) is 0.652. The molecule has 1 N–H and O–H groups in total. The Hall–Kier alpha value is -2.19. The molecule has 3 heterocycles. The van der Waals surface area contributed by atoms with E-state index in [9.17, 15) is 13.9 Å². The number of thiazole rings is 1. The molecule has 2 atom stereocenters. The van der Waals surface area contributed by atoms with Crippen LogP contribution in [0, 0.1) is 11.6 Å². The molecule has 0 unspecified atom stereocenters. The van der Waals surface area contributed by atoms with Gasteiger partial charge in [0.25, 0.3) is 0 Å². The lowest BCUT2D eigenvalue weighted by Crippen LogP contribution is -2.84. The minimum Gasteiger partial charge on any atom is -0.395 e. The SMILES string of the molecule is OC[C@H]1[C@@H](c2ccccc2)C2(CN(Cc3nccs3)C2)N1Cc1cc(F)ccc1F. The number of aliphatic hydroxyl groups excluding tert-OH is 1. The molecule has 0 amide bonds. The third kappa shape index (κ3) is 3.26. The first-order chi connectivity index (χ1) is 14.6. The largest absolute Gasteiger partial charge is 0.395 e. The fourth-order valence-electron chi connectivity index (χ4n) is 5.22. The first-order valence-corrected chi connectivity index (χ1v) is 11.0. The van der Waals surface area contributed by atoms with Crippen molar-refractivity contribution in [1.29, 1.82) is 0 Å². The number of hydrogen-bond donors (Lipinski definition) is 1. The molecule has 0 aliphatic carbocycles. The van der Waals surface area contributed by atoms with E-state index in [4.69, 9.17) is 0 Å². The number of aliphatic hydroxyl groups is 1. The van der Waals surface area contributed by atoms with Crippen molar-refractivity contribution in [1.82, 2.24) is 14.8 Å². The van der Waals surface area contributed by atoms with E-state index >= 15 is 0 Å². The smallest absolute Gasteiger partial charge is 0.127 e. The third-order valence-corrected chi connectivity index (χ3v) is 7.23. The number of nitrogens with zero attached hydrogens (tertiary/aromatic N) is 3. The number of benzene rings is 2. The monoisotopic (exact) mass is 427 g/mol. The summed E-state index contributed by atoms with van der Waals surface area (Å²) in [5, 5.41) is 13.2. The average Bonchev–Trinajstić information content (AvgIpc) is 3.23. The van der Waals surface area contributed by atoms with Gasteiger partial charge in [0.2, 0.25) is 0 Å². The second kappa shape index (κ2) is 7.81. The van der Waals surface area contributed by atoms with E-state index in [0.717, 1.165) is 30.7 Å². The Kier molecular flexibility index (Phi) is 5.14. The van der Waals surface area contributed by atoms with Crippen LogP contribution in [0.4, 0.5) is 8.78 Å². The van der Waals surface area contributed by atoms with Crippen LogP contribution in [0.3, 0.4) is 0 Å². The van der Waals surface area contributed by atoms with Gasteiger partial charge >= 0.3 is 0 Å². The highest BCUT2D eigenvalue weighted by Crippen LogP contribution is 2.54. The van der Waals surface area contributed by atoms with E-state index in [1.165, 1.54) is 17.7 Å². The van der Waals surface area contributed by atoms with Gasteiger partial charge in [0.15, 0.2) is 0 Å². The normalized spacial score (nSPS) is 23.3. The summed E-state index contributed by atoms with van der Waals surface area (Å²) >= 11 is 1.64. The first kappa shape index (κ1) is 19.8. The Morgan fingerprint density at radius 1 is 1.10 bits per heavy atom. The van der Waals surface area contributed by atoms with E-state index < -0.39 is 11.6 Å². The molecule has 0 bridgehead atoms. The molecular formula is C23H23F2N3OS. The van der Waals surface area contributed by atoms with Crippen molar-refractivity contribution in [2.24, 2.45) is 0 Å². The zero-order chi connectivity index (χ0) is 20.7. The van der Waals surface area contributed by atoms with Crippen molar-refractivity contribution in [2.45, 2.75) is 30.6 Å². The number of halogens is 2. The summed E-state index contributed by atoms with van der Waals surface area (Å²) in [5.41, 5.74) is 1.31. The Morgan fingerprint density at radius 2 is 1.90 bits per heavy atom. The van der Waals surface area contributed by atoms with Crippen LogP contribution < -0.4 is 0 Å². The molecule has 1 aromatic heterocycles. The summed E-state index contributed by atoms with van der Waals surface area (Å²) in [4.78, 5) is 8.88. The lowest BCUT2D eigenvalue weighted by atomic mass is 9.60. The third-order valence-electron chi connectivity index (χ3n) is 6.47. The molecule has 2 aliphatic heterocycles. The molecule has 2 aromatic carbocycles. The van der Waals surface area contributed by atoms with Gasteiger partial charge in [0, 0.05) is 48.7 Å². The van der Waals surface area contributed by atoms with Crippen LogP contribution in [0.25, 0.3) is 0 Å². The van der Waals surface area contributed by atoms with Gasteiger partial charge in [-0.1, -0.05) is 30.3 Å². The Balaban J connectivity index is 1.43. The van der Waals surface area contributed by atoms with Crippen LogP contribution >= 0.6 is 11.3 Å². The van der Waals surface area contributed by atoms with Crippen LogP contribution in [0.2, 0.25) is 0 Å².